The Kier molecular flexibility index (Phi) is 3.59. The Labute approximate surface area is 182 Å². The Morgan fingerprint density at radius 2 is 1.53 bits per heavy atom. The second-order valence-corrected chi connectivity index (χ2v) is 8.81. The lowest BCUT2D eigenvalue weighted by molar-refractivity contribution is -0.133. The molecule has 4 atom stereocenters. The van der Waals surface area contributed by atoms with E-state index in [0.29, 0.717) is 32.4 Å². The molecule has 1 heterocycles. The summed E-state index contributed by atoms with van der Waals surface area (Å²) in [7, 11) is 0. The molecule has 2 amide bonds. The molecule has 0 unspecified atom stereocenters. The molecule has 30 heavy (non-hydrogen) atoms. The average molecular weight is 436 g/mol. The number of aliphatic hydroxyl groups is 1. The highest BCUT2D eigenvalue weighted by Gasteiger charge is 2.69. The molecule has 1 fully saturated rings. The van der Waals surface area contributed by atoms with Crippen LogP contribution < -0.4 is 4.90 Å². The SMILES string of the molecule is O=C1[C@H]2[C@H]3c4cccc(Cl)c4[C@](O)(c4cccc(Cl)c43)[C@H]2C(=O)N1c1ccccc1. The quantitative estimate of drug-likeness (QED) is 0.572. The third kappa shape index (κ3) is 1.97. The molecule has 4 aliphatic rings. The number of hydrogen-bond donors (Lipinski definition) is 1. The number of carbonyl (C=O) groups excluding carboxylic acids is 2. The van der Waals surface area contributed by atoms with Crippen LogP contribution in [0, 0.1) is 11.8 Å². The number of imide groups is 1. The molecule has 2 bridgehead atoms. The van der Waals surface area contributed by atoms with Crippen molar-refractivity contribution in [2.24, 2.45) is 11.8 Å². The average Bonchev–Trinajstić information content (AvgIpc) is 3.01. The lowest BCUT2D eigenvalue weighted by Gasteiger charge is -2.51. The van der Waals surface area contributed by atoms with Crippen LogP contribution in [0.3, 0.4) is 0 Å². The first-order valence-corrected chi connectivity index (χ1v) is 10.4. The molecule has 1 N–H and O–H groups in total. The fourth-order valence-corrected chi connectivity index (χ4v) is 6.29. The van der Waals surface area contributed by atoms with Gasteiger partial charge < -0.3 is 5.11 Å². The normalized spacial score (nSPS) is 28.4. The van der Waals surface area contributed by atoms with E-state index >= 15 is 0 Å². The number of carbonyl (C=O) groups is 2. The predicted molar refractivity (Wildman–Crippen MR) is 114 cm³/mol. The van der Waals surface area contributed by atoms with Crippen LogP contribution in [-0.4, -0.2) is 16.9 Å². The van der Waals surface area contributed by atoms with Gasteiger partial charge in [0.1, 0.15) is 5.60 Å². The Morgan fingerprint density at radius 3 is 2.30 bits per heavy atom. The van der Waals surface area contributed by atoms with Crippen LogP contribution in [0.2, 0.25) is 10.0 Å². The number of rotatable bonds is 1. The first-order valence-electron chi connectivity index (χ1n) is 9.69. The van der Waals surface area contributed by atoms with Crippen molar-refractivity contribution in [3.63, 3.8) is 0 Å². The molecule has 0 saturated carbocycles. The number of anilines is 1. The summed E-state index contributed by atoms with van der Waals surface area (Å²) in [6.45, 7) is 0. The molecular formula is C24H15Cl2NO3. The second-order valence-electron chi connectivity index (χ2n) is 8.00. The molecule has 148 valence electrons. The predicted octanol–water partition coefficient (Wildman–Crippen LogP) is 4.49. The lowest BCUT2D eigenvalue weighted by atomic mass is 9.52. The van der Waals surface area contributed by atoms with Crippen LogP contribution in [0.4, 0.5) is 5.69 Å². The molecule has 0 spiro atoms. The van der Waals surface area contributed by atoms with Crippen molar-refractivity contribution in [3.8, 4) is 0 Å². The molecule has 6 heteroatoms. The molecule has 4 nitrogen and oxygen atoms in total. The zero-order valence-electron chi connectivity index (χ0n) is 15.5. The van der Waals surface area contributed by atoms with Gasteiger partial charge in [-0.05, 0) is 41.0 Å². The summed E-state index contributed by atoms with van der Waals surface area (Å²) < 4.78 is 0. The van der Waals surface area contributed by atoms with Crippen LogP contribution in [0.1, 0.15) is 28.2 Å². The summed E-state index contributed by atoms with van der Waals surface area (Å²) in [6.07, 6.45) is 0. The second kappa shape index (κ2) is 5.94. The zero-order chi connectivity index (χ0) is 20.8. The monoisotopic (exact) mass is 435 g/mol. The van der Waals surface area contributed by atoms with Gasteiger partial charge in [-0.15, -0.1) is 0 Å². The number of halogens is 2. The van der Waals surface area contributed by atoms with Crippen LogP contribution >= 0.6 is 23.2 Å². The van der Waals surface area contributed by atoms with Crippen LogP contribution in [-0.2, 0) is 15.2 Å². The number of para-hydroxylation sites is 1. The smallest absolute Gasteiger partial charge is 0.241 e. The van der Waals surface area contributed by atoms with Crippen molar-refractivity contribution in [3.05, 3.63) is 99.0 Å². The van der Waals surface area contributed by atoms with Gasteiger partial charge in [0.05, 0.1) is 17.5 Å². The van der Waals surface area contributed by atoms with Crippen molar-refractivity contribution in [2.75, 3.05) is 4.90 Å². The van der Waals surface area contributed by atoms with Gasteiger partial charge in [0.2, 0.25) is 11.8 Å². The topological polar surface area (TPSA) is 57.6 Å². The summed E-state index contributed by atoms with van der Waals surface area (Å²) in [5.74, 6) is -2.91. The van der Waals surface area contributed by atoms with E-state index in [-0.39, 0.29) is 5.91 Å². The van der Waals surface area contributed by atoms with Gasteiger partial charge in [0, 0.05) is 21.5 Å². The van der Waals surface area contributed by atoms with Gasteiger partial charge in [-0.1, -0.05) is 65.7 Å². The summed E-state index contributed by atoms with van der Waals surface area (Å²) in [5.41, 5.74) is 1.28. The Morgan fingerprint density at radius 1 is 0.833 bits per heavy atom. The van der Waals surface area contributed by atoms with Crippen LogP contribution in [0.5, 0.6) is 0 Å². The highest BCUT2D eigenvalue weighted by molar-refractivity contribution is 6.33. The minimum atomic E-state index is -1.73. The standard InChI is InChI=1S/C24H15Cl2NO3/c25-15-10-5-9-14-18(15)17-13-8-4-11-16(26)20(13)24(14,30)21-19(17)22(28)27(23(21)29)12-6-2-1-3-7-12/h1-11,17,19,21,30H/t17-,19-,21+,24+/m0/s1. The molecule has 0 radical (unpaired) electrons. The molecule has 0 aromatic heterocycles. The third-order valence-electron chi connectivity index (χ3n) is 6.71. The van der Waals surface area contributed by atoms with E-state index in [0.717, 1.165) is 5.56 Å². The Bertz CT molecular complexity index is 1260. The highest BCUT2D eigenvalue weighted by atomic mass is 35.5. The fourth-order valence-electron chi connectivity index (χ4n) is 5.67. The van der Waals surface area contributed by atoms with E-state index in [1.54, 1.807) is 54.6 Å². The van der Waals surface area contributed by atoms with E-state index in [9.17, 15) is 14.7 Å². The van der Waals surface area contributed by atoms with Crippen molar-refractivity contribution >= 4 is 40.7 Å². The van der Waals surface area contributed by atoms with Crippen LogP contribution in [0.15, 0.2) is 66.7 Å². The Hall–Kier alpha value is -2.66. The first kappa shape index (κ1) is 18.1. The molecule has 1 saturated heterocycles. The summed E-state index contributed by atoms with van der Waals surface area (Å²) in [6, 6.07) is 19.5. The lowest BCUT2D eigenvalue weighted by Crippen LogP contribution is -2.53. The van der Waals surface area contributed by atoms with Crippen molar-refractivity contribution < 1.29 is 14.7 Å². The molecule has 3 aromatic carbocycles. The highest BCUT2D eigenvalue weighted by Crippen LogP contribution is 2.65. The Balaban J connectivity index is 1.68. The maximum atomic E-state index is 13.6. The number of benzene rings is 3. The maximum absolute atomic E-state index is 13.6. The molecule has 1 aliphatic heterocycles. The van der Waals surface area contributed by atoms with Gasteiger partial charge in [-0.25, -0.2) is 4.90 Å². The summed E-state index contributed by atoms with van der Waals surface area (Å²) >= 11 is 13.1. The van der Waals surface area contributed by atoms with E-state index in [1.165, 1.54) is 4.90 Å². The zero-order valence-corrected chi connectivity index (χ0v) is 17.1. The van der Waals surface area contributed by atoms with E-state index in [4.69, 9.17) is 23.2 Å². The van der Waals surface area contributed by atoms with Gasteiger partial charge in [0.15, 0.2) is 0 Å². The molecule has 3 aromatic rings. The summed E-state index contributed by atoms with van der Waals surface area (Å²) in [5, 5.41) is 13.1. The minimum Gasteiger partial charge on any atom is -0.379 e. The molecule has 3 aliphatic carbocycles. The van der Waals surface area contributed by atoms with Gasteiger partial charge in [-0.2, -0.15) is 0 Å². The third-order valence-corrected chi connectivity index (χ3v) is 7.36. The van der Waals surface area contributed by atoms with E-state index in [1.807, 2.05) is 12.1 Å². The first-order chi connectivity index (χ1) is 14.5. The van der Waals surface area contributed by atoms with Gasteiger partial charge in [-0.3, -0.25) is 9.59 Å². The largest absolute Gasteiger partial charge is 0.379 e. The van der Waals surface area contributed by atoms with E-state index < -0.39 is 29.3 Å². The van der Waals surface area contributed by atoms with Crippen molar-refractivity contribution in [1.29, 1.82) is 0 Å². The molecular weight excluding hydrogens is 421 g/mol. The minimum absolute atomic E-state index is 0.323. The van der Waals surface area contributed by atoms with Crippen molar-refractivity contribution in [2.45, 2.75) is 11.5 Å². The number of nitrogens with zero attached hydrogens (tertiary/aromatic N) is 1. The fraction of sp³-hybridized carbons (Fsp3) is 0.167. The molecule has 7 rings (SSSR count). The van der Waals surface area contributed by atoms with Crippen molar-refractivity contribution in [1.82, 2.24) is 0 Å². The van der Waals surface area contributed by atoms with Crippen LogP contribution in [0.25, 0.3) is 0 Å². The van der Waals surface area contributed by atoms with E-state index in [2.05, 4.69) is 0 Å². The number of amides is 2. The van der Waals surface area contributed by atoms with Gasteiger partial charge >= 0.3 is 0 Å². The summed E-state index contributed by atoms with van der Waals surface area (Å²) in [4.78, 5) is 28.4. The number of hydrogen-bond acceptors (Lipinski definition) is 3. The van der Waals surface area contributed by atoms with Gasteiger partial charge in [0.25, 0.3) is 0 Å². The maximum Gasteiger partial charge on any atom is 0.241 e.